The Morgan fingerprint density at radius 3 is 2.76 bits per heavy atom. The molecule has 0 spiro atoms. The van der Waals surface area contributed by atoms with E-state index < -0.39 is 6.10 Å². The second-order valence-electron chi connectivity index (χ2n) is 4.58. The van der Waals surface area contributed by atoms with Gasteiger partial charge in [0.15, 0.2) is 0 Å². The summed E-state index contributed by atoms with van der Waals surface area (Å²) < 4.78 is 11.6. The van der Waals surface area contributed by atoms with Gasteiger partial charge in [-0.1, -0.05) is 0 Å². The minimum atomic E-state index is -0.811. The maximum Gasteiger partial charge on any atom is 0.125 e. The van der Waals surface area contributed by atoms with Crippen LogP contribution in [-0.2, 0) is 0 Å². The summed E-state index contributed by atoms with van der Waals surface area (Å²) in [6, 6.07) is 9.28. The van der Waals surface area contributed by atoms with E-state index >= 15 is 0 Å². The Labute approximate surface area is 126 Å². The van der Waals surface area contributed by atoms with E-state index in [9.17, 15) is 5.11 Å². The maximum atomic E-state index is 10.6. The van der Waals surface area contributed by atoms with Gasteiger partial charge in [-0.25, -0.2) is 0 Å². The van der Waals surface area contributed by atoms with Gasteiger partial charge in [0.2, 0.25) is 0 Å². The van der Waals surface area contributed by atoms with Gasteiger partial charge in [-0.2, -0.15) is 0 Å². The minimum Gasteiger partial charge on any atom is -0.497 e. The zero-order valence-corrected chi connectivity index (χ0v) is 12.6. The van der Waals surface area contributed by atoms with E-state index in [1.165, 1.54) is 0 Å². The number of aromatic nitrogens is 1. The van der Waals surface area contributed by atoms with Crippen LogP contribution in [-0.4, -0.2) is 24.3 Å². The molecule has 0 aliphatic carbocycles. The lowest BCUT2D eigenvalue weighted by Gasteiger charge is -2.16. The molecule has 0 amide bonds. The topological polar surface area (TPSA) is 51.6 Å². The Kier molecular flexibility index (Phi) is 3.77. The van der Waals surface area contributed by atoms with Crippen LogP contribution < -0.4 is 9.47 Å². The monoisotopic (exact) mass is 301 g/mol. The highest BCUT2D eigenvalue weighted by Gasteiger charge is 2.17. The third-order valence-electron chi connectivity index (χ3n) is 3.37. The van der Waals surface area contributed by atoms with Crippen molar-refractivity contribution in [2.24, 2.45) is 0 Å². The number of fused-ring (bicyclic) bond motifs is 1. The molecule has 0 fully saturated rings. The highest BCUT2D eigenvalue weighted by molar-refractivity contribution is 7.17. The van der Waals surface area contributed by atoms with Crippen LogP contribution in [0.4, 0.5) is 0 Å². The van der Waals surface area contributed by atoms with Crippen LogP contribution in [0.2, 0.25) is 0 Å². The number of aliphatic hydroxyl groups excluding tert-OH is 1. The zero-order valence-electron chi connectivity index (χ0n) is 11.7. The lowest BCUT2D eigenvalue weighted by molar-refractivity contribution is 0.214. The Balaban J connectivity index is 2.05. The molecule has 1 atom stereocenters. The smallest absolute Gasteiger partial charge is 0.125 e. The van der Waals surface area contributed by atoms with Gasteiger partial charge in [0, 0.05) is 17.3 Å². The third-order valence-corrected chi connectivity index (χ3v) is 4.22. The van der Waals surface area contributed by atoms with Gasteiger partial charge in [-0.3, -0.25) is 4.98 Å². The van der Waals surface area contributed by atoms with Crippen LogP contribution in [0.25, 0.3) is 10.2 Å². The van der Waals surface area contributed by atoms with E-state index in [2.05, 4.69) is 4.98 Å². The summed E-state index contributed by atoms with van der Waals surface area (Å²) >= 11 is 1.60. The number of nitrogens with zero attached hydrogens (tertiary/aromatic N) is 1. The first-order valence-corrected chi connectivity index (χ1v) is 7.34. The molecule has 1 aromatic carbocycles. The van der Waals surface area contributed by atoms with Crippen LogP contribution in [0.1, 0.15) is 17.2 Å². The largest absolute Gasteiger partial charge is 0.497 e. The molecule has 0 bridgehead atoms. The lowest BCUT2D eigenvalue weighted by Crippen LogP contribution is -2.03. The van der Waals surface area contributed by atoms with Crippen molar-refractivity contribution in [3.05, 3.63) is 53.0 Å². The molecular formula is C16H15NO3S. The molecule has 0 aliphatic rings. The molecule has 1 N–H and O–H groups in total. The van der Waals surface area contributed by atoms with Crippen molar-refractivity contribution in [3.8, 4) is 11.5 Å². The SMILES string of the molecule is COc1ccc(OC)c(C(O)c2cnc3ccsc3c2)c1. The van der Waals surface area contributed by atoms with Gasteiger partial charge in [0.1, 0.15) is 17.6 Å². The van der Waals surface area contributed by atoms with Crippen molar-refractivity contribution in [1.82, 2.24) is 4.98 Å². The number of hydrogen-bond acceptors (Lipinski definition) is 5. The summed E-state index contributed by atoms with van der Waals surface area (Å²) in [5.41, 5.74) is 2.33. The Morgan fingerprint density at radius 1 is 1.14 bits per heavy atom. The normalized spacial score (nSPS) is 12.3. The van der Waals surface area contributed by atoms with Crippen LogP contribution >= 0.6 is 11.3 Å². The van der Waals surface area contributed by atoms with Crippen LogP contribution in [0, 0.1) is 0 Å². The Morgan fingerprint density at radius 2 is 2.00 bits per heavy atom. The fourth-order valence-corrected chi connectivity index (χ4v) is 3.03. The molecule has 0 radical (unpaired) electrons. The quantitative estimate of drug-likeness (QED) is 0.802. The van der Waals surface area contributed by atoms with E-state index in [1.807, 2.05) is 17.5 Å². The van der Waals surface area contributed by atoms with E-state index in [0.717, 1.165) is 15.8 Å². The molecule has 3 rings (SSSR count). The third kappa shape index (κ3) is 2.57. The average Bonchev–Trinajstić information content (AvgIpc) is 3.01. The molecule has 2 heterocycles. The van der Waals surface area contributed by atoms with E-state index in [0.29, 0.717) is 17.1 Å². The number of ether oxygens (including phenoxy) is 2. The average molecular weight is 301 g/mol. The highest BCUT2D eigenvalue weighted by atomic mass is 32.1. The van der Waals surface area contributed by atoms with Crippen molar-refractivity contribution >= 4 is 21.6 Å². The van der Waals surface area contributed by atoms with Crippen molar-refractivity contribution in [2.75, 3.05) is 14.2 Å². The summed E-state index contributed by atoms with van der Waals surface area (Å²) in [5, 5.41) is 12.6. The molecule has 0 saturated carbocycles. The first kappa shape index (κ1) is 13.9. The summed E-state index contributed by atoms with van der Waals surface area (Å²) in [6.07, 6.45) is 0.882. The molecule has 2 aromatic heterocycles. The second-order valence-corrected chi connectivity index (χ2v) is 5.53. The van der Waals surface area contributed by atoms with Crippen LogP contribution in [0.5, 0.6) is 11.5 Å². The molecule has 5 heteroatoms. The van der Waals surface area contributed by atoms with Crippen molar-refractivity contribution in [3.63, 3.8) is 0 Å². The summed E-state index contributed by atoms with van der Waals surface area (Å²) in [5.74, 6) is 1.30. The molecule has 108 valence electrons. The molecule has 3 aromatic rings. The highest BCUT2D eigenvalue weighted by Crippen LogP contribution is 2.34. The van der Waals surface area contributed by atoms with Gasteiger partial charge < -0.3 is 14.6 Å². The standard InChI is InChI=1S/C16H15NO3S/c1-19-11-3-4-14(20-2)12(8-11)16(18)10-7-15-13(17-9-10)5-6-21-15/h3-9,16,18H,1-2H3. The Hall–Kier alpha value is -2.11. The number of methoxy groups -OCH3 is 2. The number of aliphatic hydroxyl groups is 1. The van der Waals surface area contributed by atoms with Crippen LogP contribution in [0.3, 0.4) is 0 Å². The molecule has 21 heavy (non-hydrogen) atoms. The van der Waals surface area contributed by atoms with Gasteiger partial charge in [0.25, 0.3) is 0 Å². The van der Waals surface area contributed by atoms with Gasteiger partial charge in [0.05, 0.1) is 24.4 Å². The predicted octanol–water partition coefficient (Wildman–Crippen LogP) is 3.40. The number of rotatable bonds is 4. The van der Waals surface area contributed by atoms with Crippen LogP contribution in [0.15, 0.2) is 41.9 Å². The minimum absolute atomic E-state index is 0.620. The van der Waals surface area contributed by atoms with Gasteiger partial charge >= 0.3 is 0 Å². The maximum absolute atomic E-state index is 10.6. The zero-order chi connectivity index (χ0) is 14.8. The van der Waals surface area contributed by atoms with E-state index in [1.54, 1.807) is 50.0 Å². The number of benzene rings is 1. The summed E-state index contributed by atoms with van der Waals surface area (Å²) in [4.78, 5) is 4.36. The van der Waals surface area contributed by atoms with E-state index in [-0.39, 0.29) is 0 Å². The number of pyridine rings is 1. The second kappa shape index (κ2) is 5.71. The van der Waals surface area contributed by atoms with Gasteiger partial charge in [-0.05, 0) is 35.7 Å². The first-order chi connectivity index (χ1) is 10.2. The van der Waals surface area contributed by atoms with Crippen molar-refractivity contribution in [2.45, 2.75) is 6.10 Å². The first-order valence-electron chi connectivity index (χ1n) is 6.46. The van der Waals surface area contributed by atoms with Crippen molar-refractivity contribution < 1.29 is 14.6 Å². The summed E-state index contributed by atoms with van der Waals surface area (Å²) in [7, 11) is 3.18. The molecule has 0 saturated heterocycles. The number of thiophene rings is 1. The Bertz CT molecular complexity index is 769. The molecule has 1 unspecified atom stereocenters. The summed E-state index contributed by atoms with van der Waals surface area (Å²) in [6.45, 7) is 0. The molecule has 0 aliphatic heterocycles. The number of hydrogen-bond donors (Lipinski definition) is 1. The van der Waals surface area contributed by atoms with E-state index in [4.69, 9.17) is 9.47 Å². The fourth-order valence-electron chi connectivity index (χ4n) is 2.24. The fraction of sp³-hybridized carbons (Fsp3) is 0.188. The van der Waals surface area contributed by atoms with Crippen molar-refractivity contribution in [1.29, 1.82) is 0 Å². The molecule has 4 nitrogen and oxygen atoms in total. The lowest BCUT2D eigenvalue weighted by atomic mass is 10.0. The van der Waals surface area contributed by atoms with Gasteiger partial charge in [-0.15, -0.1) is 11.3 Å². The predicted molar refractivity (Wildman–Crippen MR) is 83.2 cm³/mol. The molecular weight excluding hydrogens is 286 g/mol.